The highest BCUT2D eigenvalue weighted by Gasteiger charge is 2.56. The lowest BCUT2D eigenvalue weighted by Gasteiger charge is -2.46. The lowest BCUT2D eigenvalue weighted by Crippen LogP contribution is -2.53. The van der Waals surface area contributed by atoms with E-state index in [0.29, 0.717) is 0 Å². The van der Waals surface area contributed by atoms with Crippen molar-refractivity contribution >= 4 is 45.4 Å². The molecule has 0 bridgehead atoms. The molecule has 0 amide bonds. The minimum absolute atomic E-state index is 0.109. The molecule has 0 N–H and O–H groups in total. The lowest BCUT2D eigenvalue weighted by molar-refractivity contribution is -0.384. The van der Waals surface area contributed by atoms with E-state index in [9.17, 15) is 14.9 Å². The molecule has 1 spiro atoms. The predicted octanol–water partition coefficient (Wildman–Crippen LogP) is 5.11. The van der Waals surface area contributed by atoms with Crippen molar-refractivity contribution in [2.45, 2.75) is 18.8 Å². The fourth-order valence-corrected chi connectivity index (χ4v) is 5.37. The summed E-state index contributed by atoms with van der Waals surface area (Å²) in [5.74, 6) is -0.225. The van der Waals surface area contributed by atoms with Gasteiger partial charge < -0.3 is 0 Å². The fraction of sp³-hybridized carbons (Fsp3) is 0.125. The first-order chi connectivity index (χ1) is 15.9. The molecule has 0 saturated carbocycles. The Kier molecular flexibility index (Phi) is 4.98. The Morgan fingerprint density at radius 2 is 1.61 bits per heavy atom. The number of nitrogens with zero attached hydrogens (tertiary/aromatic N) is 5. The highest BCUT2D eigenvalue weighted by molar-refractivity contribution is 8.17. The number of benzene rings is 3. The van der Waals surface area contributed by atoms with Crippen LogP contribution in [0.15, 0.2) is 89.1 Å². The number of hydrogen-bond donors (Lipinski definition) is 0. The van der Waals surface area contributed by atoms with Crippen LogP contribution in [0.3, 0.4) is 0 Å². The molecular weight excluding hydrogens is 438 g/mol. The van der Waals surface area contributed by atoms with E-state index in [1.54, 1.807) is 28.2 Å². The first-order valence-corrected chi connectivity index (χ1v) is 11.1. The number of fused-ring (bicyclic) bond motifs is 2. The van der Waals surface area contributed by atoms with Crippen LogP contribution in [0.1, 0.15) is 25.0 Å². The van der Waals surface area contributed by atoms with Gasteiger partial charge in [-0.2, -0.15) is 10.2 Å². The minimum Gasteiger partial charge on any atom is -0.292 e. The smallest absolute Gasteiger partial charge is 0.292 e. The maximum atomic E-state index is 12.5. The number of nitro benzene ring substituents is 1. The summed E-state index contributed by atoms with van der Waals surface area (Å²) in [4.78, 5) is 22.8. The van der Waals surface area contributed by atoms with Gasteiger partial charge in [-0.25, -0.2) is 10.0 Å². The van der Waals surface area contributed by atoms with Crippen molar-refractivity contribution in [1.29, 1.82) is 0 Å². The standard InChI is InChI=1S/C24H19N5O3S/c1-16-19-12-6-7-13-20(19)24(27(25-16)18-10-4-3-5-11-18)28(26-23(33-24)17(2)30)21-14-8-9-15-22(21)29(31)32/h3-15H,1-2H3. The average Bonchev–Trinajstić information content (AvgIpc) is 3.23. The van der Waals surface area contributed by atoms with Gasteiger partial charge in [-0.3, -0.25) is 14.9 Å². The van der Waals surface area contributed by atoms with Gasteiger partial charge in [0.2, 0.25) is 4.99 Å². The SMILES string of the molecule is CC(=O)C1=NN(c2ccccc2[N+](=O)[O-])C2(S1)c1ccccc1C(C)=NN2c1ccccc1. The molecule has 3 aromatic carbocycles. The van der Waals surface area contributed by atoms with Gasteiger partial charge in [0.25, 0.3) is 5.69 Å². The van der Waals surface area contributed by atoms with E-state index >= 15 is 0 Å². The second kappa shape index (κ2) is 7.86. The van der Waals surface area contributed by atoms with Crippen LogP contribution in [0, 0.1) is 10.1 Å². The van der Waals surface area contributed by atoms with Gasteiger partial charge >= 0.3 is 0 Å². The van der Waals surface area contributed by atoms with Crippen LogP contribution in [-0.2, 0) is 9.79 Å². The zero-order valence-corrected chi connectivity index (χ0v) is 18.7. The van der Waals surface area contributed by atoms with Crippen molar-refractivity contribution in [3.63, 3.8) is 0 Å². The second-order valence-electron chi connectivity index (χ2n) is 7.61. The third-order valence-corrected chi connectivity index (χ3v) is 6.94. The summed E-state index contributed by atoms with van der Waals surface area (Å²) in [6, 6.07) is 23.7. The number of hydrogen-bond acceptors (Lipinski definition) is 8. The van der Waals surface area contributed by atoms with Crippen LogP contribution >= 0.6 is 11.8 Å². The van der Waals surface area contributed by atoms with Gasteiger partial charge in [0.15, 0.2) is 10.8 Å². The van der Waals surface area contributed by atoms with Crippen LogP contribution < -0.4 is 10.0 Å². The van der Waals surface area contributed by atoms with Crippen molar-refractivity contribution in [3.05, 3.63) is 100 Å². The van der Waals surface area contributed by atoms with Crippen molar-refractivity contribution in [1.82, 2.24) is 0 Å². The molecule has 164 valence electrons. The number of Topliss-reactive ketones (excluding diaryl/α,β-unsaturated/α-hetero) is 1. The fourth-order valence-electron chi connectivity index (χ4n) is 4.09. The van der Waals surface area contributed by atoms with Gasteiger partial charge in [0, 0.05) is 24.1 Å². The molecule has 2 aliphatic rings. The molecule has 0 fully saturated rings. The van der Waals surface area contributed by atoms with Crippen molar-refractivity contribution < 1.29 is 9.72 Å². The summed E-state index contributed by atoms with van der Waals surface area (Å²) in [5.41, 5.74) is 3.45. The molecule has 3 aromatic rings. The van der Waals surface area contributed by atoms with Crippen LogP contribution in [0.2, 0.25) is 0 Å². The molecule has 1 unspecified atom stereocenters. The zero-order valence-electron chi connectivity index (χ0n) is 17.9. The summed E-state index contributed by atoms with van der Waals surface area (Å²) >= 11 is 1.24. The molecule has 2 heterocycles. The Balaban J connectivity index is 1.85. The van der Waals surface area contributed by atoms with Crippen LogP contribution in [0.4, 0.5) is 17.1 Å². The van der Waals surface area contributed by atoms with E-state index in [-0.39, 0.29) is 22.2 Å². The highest BCUT2D eigenvalue weighted by Crippen LogP contribution is 2.55. The number of nitro groups is 1. The van der Waals surface area contributed by atoms with E-state index in [1.165, 1.54) is 24.8 Å². The Bertz CT molecular complexity index is 1340. The van der Waals surface area contributed by atoms with Gasteiger partial charge in [0.1, 0.15) is 5.69 Å². The molecule has 8 nitrogen and oxygen atoms in total. The molecule has 0 aromatic heterocycles. The third kappa shape index (κ3) is 3.20. The van der Waals surface area contributed by atoms with E-state index in [2.05, 4.69) is 5.10 Å². The maximum Gasteiger partial charge on any atom is 0.294 e. The lowest BCUT2D eigenvalue weighted by atomic mass is 9.98. The molecule has 0 radical (unpaired) electrons. The van der Waals surface area contributed by atoms with Gasteiger partial charge in [0.05, 0.1) is 16.3 Å². The van der Waals surface area contributed by atoms with E-state index in [0.717, 1.165) is 22.5 Å². The van der Waals surface area contributed by atoms with Crippen LogP contribution in [0.5, 0.6) is 0 Å². The Labute approximate surface area is 194 Å². The number of thioether (sulfide) groups is 1. The van der Waals surface area contributed by atoms with E-state index < -0.39 is 9.92 Å². The summed E-state index contributed by atoms with van der Waals surface area (Å²) in [5, 5.41) is 25.1. The molecule has 0 aliphatic carbocycles. The number of anilines is 2. The molecular formula is C24H19N5O3S. The number of para-hydroxylation sites is 3. The van der Waals surface area contributed by atoms with Gasteiger partial charge in [-0.15, -0.1) is 0 Å². The Hall–Kier alpha value is -3.98. The minimum atomic E-state index is -1.18. The highest BCUT2D eigenvalue weighted by atomic mass is 32.2. The Morgan fingerprint density at radius 1 is 0.939 bits per heavy atom. The first-order valence-electron chi connectivity index (χ1n) is 10.3. The summed E-state index contributed by atoms with van der Waals surface area (Å²) in [7, 11) is 0. The van der Waals surface area contributed by atoms with Gasteiger partial charge in [-0.1, -0.05) is 54.6 Å². The molecule has 33 heavy (non-hydrogen) atoms. The number of carbonyl (C=O) groups is 1. The first kappa shape index (κ1) is 20.9. The molecule has 0 saturated heterocycles. The average molecular weight is 458 g/mol. The van der Waals surface area contributed by atoms with Crippen molar-refractivity contribution in [2.24, 2.45) is 10.2 Å². The quantitative estimate of drug-likeness (QED) is 0.400. The van der Waals surface area contributed by atoms with Crippen molar-refractivity contribution in [2.75, 3.05) is 10.0 Å². The van der Waals surface area contributed by atoms with Crippen molar-refractivity contribution in [3.8, 4) is 0 Å². The predicted molar refractivity (Wildman–Crippen MR) is 131 cm³/mol. The summed E-state index contributed by atoms with van der Waals surface area (Å²) < 4.78 is 0. The topological polar surface area (TPSA) is 91.4 Å². The van der Waals surface area contributed by atoms with E-state index in [1.807, 2.05) is 61.5 Å². The second-order valence-corrected chi connectivity index (χ2v) is 8.77. The van der Waals surface area contributed by atoms with Gasteiger partial charge in [-0.05, 0) is 36.9 Å². The number of carbonyl (C=O) groups excluding carboxylic acids is 1. The van der Waals surface area contributed by atoms with E-state index in [4.69, 9.17) is 5.10 Å². The molecule has 1 atom stereocenters. The third-order valence-electron chi connectivity index (χ3n) is 5.53. The maximum absolute atomic E-state index is 12.5. The normalized spacial score (nSPS) is 19.2. The summed E-state index contributed by atoms with van der Waals surface area (Å²) in [6.45, 7) is 3.36. The zero-order chi connectivity index (χ0) is 23.2. The number of rotatable bonds is 4. The molecule has 2 aliphatic heterocycles. The monoisotopic (exact) mass is 457 g/mol. The summed E-state index contributed by atoms with van der Waals surface area (Å²) in [6.07, 6.45) is 0. The molecule has 9 heteroatoms. The number of ketones is 1. The van der Waals surface area contributed by atoms with Crippen LogP contribution in [0.25, 0.3) is 0 Å². The Morgan fingerprint density at radius 3 is 2.33 bits per heavy atom. The van der Waals surface area contributed by atoms with Crippen LogP contribution in [-0.4, -0.2) is 21.5 Å². The largest absolute Gasteiger partial charge is 0.294 e. The number of hydrazone groups is 2. The molecule has 5 rings (SSSR count).